The van der Waals surface area contributed by atoms with Crippen LogP contribution in [0, 0.1) is 5.82 Å². The predicted octanol–water partition coefficient (Wildman–Crippen LogP) is 2.02. The summed E-state index contributed by atoms with van der Waals surface area (Å²) in [6.45, 7) is 1.65. The number of rotatable bonds is 2. The summed E-state index contributed by atoms with van der Waals surface area (Å²) in [5.74, 6) is -1.24. The van der Waals surface area contributed by atoms with Crippen LogP contribution in [0.15, 0.2) is 24.3 Å². The topological polar surface area (TPSA) is 76.2 Å². The summed E-state index contributed by atoms with van der Waals surface area (Å²) < 4.78 is 22.6. The first-order valence-electron chi connectivity index (χ1n) is 6.50. The third kappa shape index (κ3) is 1.99. The van der Waals surface area contributed by atoms with Gasteiger partial charge in [-0.1, -0.05) is 19.1 Å². The molecule has 118 valence electrons. The molecule has 1 heterocycles. The van der Waals surface area contributed by atoms with Gasteiger partial charge in [-0.25, -0.2) is 14.0 Å². The number of hydrazine groups is 1. The van der Waals surface area contributed by atoms with Crippen molar-refractivity contribution in [1.29, 1.82) is 0 Å². The number of carbonyl (C=O) groups excluding carboxylic acids is 3. The minimum absolute atomic E-state index is 0.137. The van der Waals surface area contributed by atoms with Gasteiger partial charge in [0, 0.05) is 0 Å². The van der Waals surface area contributed by atoms with Crippen LogP contribution in [-0.2, 0) is 19.8 Å². The molecule has 8 heteroatoms. The number of imide groups is 1. The summed E-state index contributed by atoms with van der Waals surface area (Å²) in [6, 6.07) is 5.29. The highest BCUT2D eigenvalue weighted by atomic mass is 19.1. The van der Waals surface area contributed by atoms with Crippen LogP contribution in [0.5, 0.6) is 0 Å². The van der Waals surface area contributed by atoms with Crippen LogP contribution in [0.3, 0.4) is 0 Å². The van der Waals surface area contributed by atoms with E-state index < -0.39 is 29.4 Å². The van der Waals surface area contributed by atoms with Gasteiger partial charge in [0.25, 0.3) is 5.91 Å². The van der Waals surface area contributed by atoms with Gasteiger partial charge in [-0.05, 0) is 24.1 Å². The Morgan fingerprint density at radius 2 is 1.86 bits per heavy atom. The maximum atomic E-state index is 13.5. The number of hydrogen-bond donors (Lipinski definition) is 0. The Labute approximate surface area is 126 Å². The molecule has 0 N–H and O–H groups in total. The summed E-state index contributed by atoms with van der Waals surface area (Å²) in [6.07, 6.45) is -1.80. The minimum Gasteiger partial charge on any atom is -0.451 e. The van der Waals surface area contributed by atoms with Gasteiger partial charge in [0.05, 0.1) is 14.2 Å². The molecule has 0 unspecified atom stereocenters. The molecule has 22 heavy (non-hydrogen) atoms. The number of ether oxygens (including phenoxy) is 2. The first-order chi connectivity index (χ1) is 10.4. The van der Waals surface area contributed by atoms with Crippen molar-refractivity contribution in [3.8, 4) is 0 Å². The summed E-state index contributed by atoms with van der Waals surface area (Å²) in [4.78, 5) is 36.2. The van der Waals surface area contributed by atoms with E-state index >= 15 is 0 Å². The summed E-state index contributed by atoms with van der Waals surface area (Å²) in [7, 11) is 2.20. The smallest absolute Gasteiger partial charge is 0.436 e. The molecule has 0 saturated carbocycles. The van der Waals surface area contributed by atoms with Crippen LogP contribution in [0.1, 0.15) is 18.9 Å². The normalized spacial score (nSPS) is 20.5. The van der Waals surface area contributed by atoms with Crippen LogP contribution in [0.4, 0.5) is 14.0 Å². The summed E-state index contributed by atoms with van der Waals surface area (Å²) in [5.41, 5.74) is -1.24. The lowest BCUT2D eigenvalue weighted by atomic mass is 9.81. The molecular formula is C14H15FN2O5. The van der Waals surface area contributed by atoms with E-state index in [-0.39, 0.29) is 12.0 Å². The van der Waals surface area contributed by atoms with Crippen LogP contribution in [0.25, 0.3) is 0 Å². The van der Waals surface area contributed by atoms with Crippen molar-refractivity contribution in [1.82, 2.24) is 10.0 Å². The van der Waals surface area contributed by atoms with Gasteiger partial charge in [0.1, 0.15) is 5.82 Å². The molecular weight excluding hydrogens is 295 g/mol. The molecule has 0 spiro atoms. The van der Waals surface area contributed by atoms with Crippen molar-refractivity contribution in [3.63, 3.8) is 0 Å². The molecule has 1 saturated heterocycles. The van der Waals surface area contributed by atoms with Crippen molar-refractivity contribution in [2.24, 2.45) is 0 Å². The van der Waals surface area contributed by atoms with E-state index in [9.17, 15) is 18.8 Å². The highest BCUT2D eigenvalue weighted by Gasteiger charge is 2.65. The standard InChI is InChI=1S/C14H15FN2O5/c1-4-14(9-6-5-7-10(15)8-9)11(18)16(12(19)21-2)17(14)13(20)22-3/h5-8H,4H2,1-3H3/t14-/m0/s1. The zero-order valence-corrected chi connectivity index (χ0v) is 12.3. The number of hydrogen-bond acceptors (Lipinski definition) is 5. The number of nitrogens with zero attached hydrogens (tertiary/aromatic N) is 2. The van der Waals surface area contributed by atoms with E-state index in [1.165, 1.54) is 18.2 Å². The molecule has 1 aromatic carbocycles. The van der Waals surface area contributed by atoms with Gasteiger partial charge in [0.15, 0.2) is 5.54 Å². The number of halogens is 1. The van der Waals surface area contributed by atoms with E-state index in [1.807, 2.05) is 0 Å². The Morgan fingerprint density at radius 3 is 2.36 bits per heavy atom. The molecule has 1 aliphatic rings. The molecule has 1 fully saturated rings. The number of benzene rings is 1. The summed E-state index contributed by atoms with van der Waals surface area (Å²) in [5, 5.41) is 1.39. The molecule has 1 aromatic rings. The van der Waals surface area contributed by atoms with Gasteiger partial charge in [-0.3, -0.25) is 4.79 Å². The number of carbonyl (C=O) groups is 3. The Morgan fingerprint density at radius 1 is 1.23 bits per heavy atom. The minimum atomic E-state index is -1.50. The van der Waals surface area contributed by atoms with E-state index in [1.54, 1.807) is 6.92 Å². The van der Waals surface area contributed by atoms with Crippen molar-refractivity contribution in [3.05, 3.63) is 35.6 Å². The maximum absolute atomic E-state index is 13.5. The Bertz CT molecular complexity index is 635. The van der Waals surface area contributed by atoms with Gasteiger partial charge in [-0.15, -0.1) is 5.01 Å². The lowest BCUT2D eigenvalue weighted by molar-refractivity contribution is -0.201. The second-order valence-electron chi connectivity index (χ2n) is 4.59. The lowest BCUT2D eigenvalue weighted by Gasteiger charge is -2.54. The average molecular weight is 310 g/mol. The highest BCUT2D eigenvalue weighted by molar-refractivity contribution is 6.06. The molecule has 0 bridgehead atoms. The zero-order chi connectivity index (χ0) is 16.5. The molecule has 1 aliphatic heterocycles. The molecule has 0 radical (unpaired) electrons. The van der Waals surface area contributed by atoms with Crippen molar-refractivity contribution in [2.45, 2.75) is 18.9 Å². The van der Waals surface area contributed by atoms with Crippen LogP contribution in [-0.4, -0.2) is 42.3 Å². The quantitative estimate of drug-likeness (QED) is 0.835. The fourth-order valence-electron chi connectivity index (χ4n) is 2.55. The van der Waals surface area contributed by atoms with Gasteiger partial charge >= 0.3 is 12.2 Å². The molecule has 0 aliphatic carbocycles. The monoisotopic (exact) mass is 310 g/mol. The molecule has 3 amide bonds. The third-order valence-electron chi connectivity index (χ3n) is 3.62. The first kappa shape index (κ1) is 15.7. The Hall–Kier alpha value is -2.64. The third-order valence-corrected chi connectivity index (χ3v) is 3.62. The second-order valence-corrected chi connectivity index (χ2v) is 4.59. The maximum Gasteiger partial charge on any atom is 0.436 e. The fourth-order valence-corrected chi connectivity index (χ4v) is 2.55. The van der Waals surface area contributed by atoms with Gasteiger partial charge in [0.2, 0.25) is 0 Å². The van der Waals surface area contributed by atoms with Crippen molar-refractivity contribution in [2.75, 3.05) is 14.2 Å². The first-order valence-corrected chi connectivity index (χ1v) is 6.50. The predicted molar refractivity (Wildman–Crippen MR) is 71.9 cm³/mol. The van der Waals surface area contributed by atoms with Gasteiger partial charge < -0.3 is 9.47 Å². The fraction of sp³-hybridized carbons (Fsp3) is 0.357. The largest absolute Gasteiger partial charge is 0.451 e. The SMILES string of the molecule is CC[C@]1(c2cccc(F)c2)C(=O)N(C(=O)OC)N1C(=O)OC. The lowest BCUT2D eigenvalue weighted by Crippen LogP contribution is -2.77. The Kier molecular flexibility index (Phi) is 4.03. The van der Waals surface area contributed by atoms with Crippen LogP contribution < -0.4 is 0 Å². The zero-order valence-electron chi connectivity index (χ0n) is 12.3. The van der Waals surface area contributed by atoms with Crippen LogP contribution >= 0.6 is 0 Å². The van der Waals surface area contributed by atoms with Crippen LogP contribution in [0.2, 0.25) is 0 Å². The Balaban J connectivity index is 2.56. The van der Waals surface area contributed by atoms with Gasteiger partial charge in [-0.2, -0.15) is 5.01 Å². The molecule has 1 atom stereocenters. The average Bonchev–Trinajstić information content (AvgIpc) is 2.52. The van der Waals surface area contributed by atoms with Crippen molar-refractivity contribution >= 4 is 18.1 Å². The molecule has 2 rings (SSSR count). The number of methoxy groups -OCH3 is 2. The number of amides is 3. The molecule has 0 aromatic heterocycles. The van der Waals surface area contributed by atoms with E-state index in [4.69, 9.17) is 0 Å². The second kappa shape index (κ2) is 5.63. The summed E-state index contributed by atoms with van der Waals surface area (Å²) >= 11 is 0. The van der Waals surface area contributed by atoms with E-state index in [0.717, 1.165) is 25.3 Å². The van der Waals surface area contributed by atoms with E-state index in [0.29, 0.717) is 5.01 Å². The van der Waals surface area contributed by atoms with Crippen molar-refractivity contribution < 1.29 is 28.2 Å². The highest BCUT2D eigenvalue weighted by Crippen LogP contribution is 2.44. The molecule has 7 nitrogen and oxygen atoms in total. The van der Waals surface area contributed by atoms with E-state index in [2.05, 4.69) is 9.47 Å².